The second-order valence-corrected chi connectivity index (χ2v) is 6.34. The molecular weight excluding hydrogens is 274 g/mol. The molecule has 0 bridgehead atoms. The highest BCUT2D eigenvalue weighted by Gasteiger charge is 2.35. The Morgan fingerprint density at radius 1 is 1.55 bits per heavy atom. The SMILES string of the molecule is Cc1cc(C(=O)NC2(CCl)CCCC(C)C2)ccc1O. The first kappa shape index (κ1) is 15.2. The van der Waals surface area contributed by atoms with Gasteiger partial charge in [0.05, 0.1) is 5.54 Å². The van der Waals surface area contributed by atoms with Crippen LogP contribution in [0.15, 0.2) is 18.2 Å². The molecule has 1 aromatic carbocycles. The van der Waals surface area contributed by atoms with E-state index in [0.29, 0.717) is 22.9 Å². The number of rotatable bonds is 3. The molecule has 0 heterocycles. The number of halogens is 1. The Morgan fingerprint density at radius 2 is 2.30 bits per heavy atom. The number of benzene rings is 1. The van der Waals surface area contributed by atoms with Crippen molar-refractivity contribution in [3.8, 4) is 5.75 Å². The number of hydrogen-bond donors (Lipinski definition) is 2. The van der Waals surface area contributed by atoms with Gasteiger partial charge in [-0.05, 0) is 49.4 Å². The van der Waals surface area contributed by atoms with Crippen LogP contribution < -0.4 is 5.32 Å². The van der Waals surface area contributed by atoms with E-state index in [1.54, 1.807) is 25.1 Å². The topological polar surface area (TPSA) is 49.3 Å². The van der Waals surface area contributed by atoms with E-state index < -0.39 is 0 Å². The predicted molar refractivity (Wildman–Crippen MR) is 81.4 cm³/mol. The molecule has 1 aliphatic carbocycles. The van der Waals surface area contributed by atoms with E-state index in [2.05, 4.69) is 12.2 Å². The van der Waals surface area contributed by atoms with Crippen molar-refractivity contribution in [2.45, 2.75) is 45.1 Å². The van der Waals surface area contributed by atoms with E-state index in [1.165, 1.54) is 6.42 Å². The molecule has 110 valence electrons. The summed E-state index contributed by atoms with van der Waals surface area (Å²) in [4.78, 5) is 12.4. The normalized spacial score (nSPS) is 26.2. The Kier molecular flexibility index (Phi) is 4.59. The van der Waals surface area contributed by atoms with Crippen molar-refractivity contribution in [1.29, 1.82) is 0 Å². The van der Waals surface area contributed by atoms with Crippen LogP contribution in [0.5, 0.6) is 5.75 Å². The number of nitrogens with one attached hydrogen (secondary N) is 1. The first-order valence-corrected chi connectivity index (χ1v) is 7.67. The summed E-state index contributed by atoms with van der Waals surface area (Å²) in [5.74, 6) is 1.13. The largest absolute Gasteiger partial charge is 0.508 e. The monoisotopic (exact) mass is 295 g/mol. The van der Waals surface area contributed by atoms with Gasteiger partial charge in [-0.1, -0.05) is 19.8 Å². The highest BCUT2D eigenvalue weighted by atomic mass is 35.5. The zero-order chi connectivity index (χ0) is 14.8. The number of amides is 1. The molecule has 1 saturated carbocycles. The summed E-state index contributed by atoms with van der Waals surface area (Å²) in [7, 11) is 0. The van der Waals surface area contributed by atoms with Crippen molar-refractivity contribution in [1.82, 2.24) is 5.32 Å². The van der Waals surface area contributed by atoms with E-state index in [1.807, 2.05) is 0 Å². The van der Waals surface area contributed by atoms with Crippen molar-refractivity contribution in [2.24, 2.45) is 5.92 Å². The number of carbonyl (C=O) groups is 1. The minimum absolute atomic E-state index is 0.108. The van der Waals surface area contributed by atoms with Crippen molar-refractivity contribution in [3.63, 3.8) is 0 Å². The van der Waals surface area contributed by atoms with E-state index in [4.69, 9.17) is 11.6 Å². The minimum atomic E-state index is -0.290. The van der Waals surface area contributed by atoms with Crippen molar-refractivity contribution in [3.05, 3.63) is 29.3 Å². The lowest BCUT2D eigenvalue weighted by atomic mass is 9.77. The van der Waals surface area contributed by atoms with Crippen LogP contribution in [0.3, 0.4) is 0 Å². The molecule has 0 spiro atoms. The molecule has 4 heteroatoms. The number of aryl methyl sites for hydroxylation is 1. The maximum Gasteiger partial charge on any atom is 0.251 e. The Labute approximate surface area is 125 Å². The molecule has 2 rings (SSSR count). The fraction of sp³-hybridized carbons (Fsp3) is 0.562. The number of phenolic OH excluding ortho intramolecular Hbond substituents is 1. The number of hydrogen-bond acceptors (Lipinski definition) is 2. The van der Waals surface area contributed by atoms with Crippen LogP contribution in [-0.4, -0.2) is 22.4 Å². The molecule has 1 amide bonds. The van der Waals surface area contributed by atoms with Gasteiger partial charge in [0, 0.05) is 11.4 Å². The third-order valence-corrected chi connectivity index (χ3v) is 4.70. The minimum Gasteiger partial charge on any atom is -0.508 e. The van der Waals surface area contributed by atoms with Gasteiger partial charge >= 0.3 is 0 Å². The molecule has 2 unspecified atom stereocenters. The summed E-state index contributed by atoms with van der Waals surface area (Å²) in [5.41, 5.74) is 0.986. The molecule has 20 heavy (non-hydrogen) atoms. The molecule has 1 aromatic rings. The van der Waals surface area contributed by atoms with Gasteiger partial charge in [-0.2, -0.15) is 0 Å². The van der Waals surface area contributed by atoms with Gasteiger partial charge < -0.3 is 10.4 Å². The number of carbonyl (C=O) groups excluding carboxylic acids is 1. The zero-order valence-corrected chi connectivity index (χ0v) is 12.8. The molecule has 0 saturated heterocycles. The standard InChI is InChI=1S/C16H22ClNO2/c1-11-4-3-7-16(9-11,10-17)18-15(20)13-5-6-14(19)12(2)8-13/h5-6,8,11,19H,3-4,7,9-10H2,1-2H3,(H,18,20). The fourth-order valence-electron chi connectivity index (χ4n) is 3.04. The van der Waals surface area contributed by atoms with Gasteiger partial charge in [0.25, 0.3) is 5.91 Å². The van der Waals surface area contributed by atoms with Crippen LogP contribution in [0.25, 0.3) is 0 Å². The van der Waals surface area contributed by atoms with Crippen LogP contribution in [0.4, 0.5) is 0 Å². The summed E-state index contributed by atoms with van der Waals surface area (Å²) in [5, 5.41) is 12.6. The van der Waals surface area contributed by atoms with Gasteiger partial charge in [0.2, 0.25) is 0 Å². The van der Waals surface area contributed by atoms with Crippen LogP contribution >= 0.6 is 11.6 Å². The second-order valence-electron chi connectivity index (χ2n) is 6.07. The Balaban J connectivity index is 2.14. The molecule has 2 atom stereocenters. The van der Waals surface area contributed by atoms with Crippen LogP contribution in [0.1, 0.15) is 48.5 Å². The smallest absolute Gasteiger partial charge is 0.251 e. The first-order chi connectivity index (χ1) is 9.46. The van der Waals surface area contributed by atoms with Gasteiger partial charge in [0.1, 0.15) is 5.75 Å². The third-order valence-electron chi connectivity index (χ3n) is 4.18. The third kappa shape index (κ3) is 3.26. The average molecular weight is 296 g/mol. The maximum atomic E-state index is 12.4. The summed E-state index contributed by atoms with van der Waals surface area (Å²) in [6, 6.07) is 4.91. The summed E-state index contributed by atoms with van der Waals surface area (Å²) >= 11 is 6.14. The molecule has 2 N–H and O–H groups in total. The number of aromatic hydroxyl groups is 1. The van der Waals surface area contributed by atoms with Crippen LogP contribution in [0, 0.1) is 12.8 Å². The van der Waals surface area contributed by atoms with Crippen LogP contribution in [-0.2, 0) is 0 Å². The molecular formula is C16H22ClNO2. The molecule has 0 radical (unpaired) electrons. The Hall–Kier alpha value is -1.22. The van der Waals surface area contributed by atoms with Crippen molar-refractivity contribution < 1.29 is 9.90 Å². The van der Waals surface area contributed by atoms with Gasteiger partial charge in [0.15, 0.2) is 0 Å². The Bertz CT molecular complexity index is 503. The van der Waals surface area contributed by atoms with E-state index in [-0.39, 0.29) is 17.2 Å². The quantitative estimate of drug-likeness (QED) is 0.837. The van der Waals surface area contributed by atoms with E-state index >= 15 is 0 Å². The molecule has 0 aromatic heterocycles. The highest BCUT2D eigenvalue weighted by molar-refractivity contribution is 6.19. The van der Waals surface area contributed by atoms with Gasteiger partial charge in [-0.15, -0.1) is 11.6 Å². The Morgan fingerprint density at radius 3 is 2.90 bits per heavy atom. The number of alkyl halides is 1. The van der Waals surface area contributed by atoms with E-state index in [0.717, 1.165) is 19.3 Å². The number of phenols is 1. The summed E-state index contributed by atoms with van der Waals surface area (Å²) in [6.45, 7) is 3.99. The lowest BCUT2D eigenvalue weighted by molar-refractivity contribution is 0.0867. The summed E-state index contributed by atoms with van der Waals surface area (Å²) in [6.07, 6.45) is 4.17. The molecule has 0 aliphatic heterocycles. The van der Waals surface area contributed by atoms with Gasteiger partial charge in [-0.3, -0.25) is 4.79 Å². The lowest BCUT2D eigenvalue weighted by Crippen LogP contribution is -2.52. The average Bonchev–Trinajstić information content (AvgIpc) is 2.41. The maximum absolute atomic E-state index is 12.4. The van der Waals surface area contributed by atoms with Crippen LogP contribution in [0.2, 0.25) is 0 Å². The van der Waals surface area contributed by atoms with Crippen molar-refractivity contribution >= 4 is 17.5 Å². The first-order valence-electron chi connectivity index (χ1n) is 7.14. The molecule has 1 fully saturated rings. The predicted octanol–water partition coefficient (Wildman–Crippen LogP) is 3.62. The highest BCUT2D eigenvalue weighted by Crippen LogP contribution is 2.33. The van der Waals surface area contributed by atoms with Gasteiger partial charge in [-0.25, -0.2) is 0 Å². The molecule has 1 aliphatic rings. The summed E-state index contributed by atoms with van der Waals surface area (Å²) < 4.78 is 0. The zero-order valence-electron chi connectivity index (χ0n) is 12.1. The molecule has 3 nitrogen and oxygen atoms in total. The lowest BCUT2D eigenvalue weighted by Gasteiger charge is -2.39. The van der Waals surface area contributed by atoms with E-state index in [9.17, 15) is 9.90 Å². The van der Waals surface area contributed by atoms with Crippen molar-refractivity contribution in [2.75, 3.05) is 5.88 Å². The second kappa shape index (κ2) is 6.04. The fourth-order valence-corrected chi connectivity index (χ4v) is 3.35.